The van der Waals surface area contributed by atoms with Crippen molar-refractivity contribution in [2.24, 2.45) is 0 Å². The molecule has 2 aromatic carbocycles. The largest absolute Gasteiger partial charge is 0.481 e. The van der Waals surface area contributed by atoms with Crippen LogP contribution in [-0.4, -0.2) is 48.8 Å². The third kappa shape index (κ3) is 8.10. The maximum atomic E-state index is 10.6. The summed E-state index contributed by atoms with van der Waals surface area (Å²) in [6.45, 7) is 6.69. The highest BCUT2D eigenvalue weighted by Gasteiger charge is 2.08. The number of hydrogen-bond donors (Lipinski definition) is 1. The molecule has 4 nitrogen and oxygen atoms in total. The molecular formula is C23H33NO3. The second kappa shape index (κ2) is 12.5. The topological polar surface area (TPSA) is 49.8 Å². The molecule has 0 aromatic heterocycles. The predicted molar refractivity (Wildman–Crippen MR) is 111 cm³/mol. The molecular weight excluding hydrogens is 338 g/mol. The van der Waals surface area contributed by atoms with Gasteiger partial charge in [0.2, 0.25) is 0 Å². The van der Waals surface area contributed by atoms with Crippen LogP contribution in [0.1, 0.15) is 44.6 Å². The zero-order valence-corrected chi connectivity index (χ0v) is 16.5. The van der Waals surface area contributed by atoms with Gasteiger partial charge >= 0.3 is 5.97 Å². The van der Waals surface area contributed by atoms with Crippen LogP contribution in [0.25, 0.3) is 10.8 Å². The van der Waals surface area contributed by atoms with Crippen molar-refractivity contribution < 1.29 is 14.6 Å². The molecule has 2 rings (SSSR count). The second-order valence-electron chi connectivity index (χ2n) is 6.98. The highest BCUT2D eigenvalue weighted by Crippen LogP contribution is 2.19. The molecule has 1 N–H and O–H groups in total. The smallest absolute Gasteiger partial charge is 0.303 e. The molecule has 0 heterocycles. The lowest BCUT2D eigenvalue weighted by atomic mass is 10.0. The number of benzene rings is 2. The Morgan fingerprint density at radius 3 is 2.56 bits per heavy atom. The molecule has 27 heavy (non-hydrogen) atoms. The van der Waals surface area contributed by atoms with Crippen LogP contribution in [0.2, 0.25) is 0 Å². The van der Waals surface area contributed by atoms with Crippen LogP contribution < -0.4 is 0 Å². The summed E-state index contributed by atoms with van der Waals surface area (Å²) < 4.78 is 5.48. The highest BCUT2D eigenvalue weighted by atomic mass is 16.5. The summed E-state index contributed by atoms with van der Waals surface area (Å²) in [4.78, 5) is 13.1. The van der Waals surface area contributed by atoms with Crippen molar-refractivity contribution in [3.8, 4) is 0 Å². The summed E-state index contributed by atoms with van der Waals surface area (Å²) in [5.74, 6) is -0.695. The van der Waals surface area contributed by atoms with E-state index in [4.69, 9.17) is 9.84 Å². The summed E-state index contributed by atoms with van der Waals surface area (Å²) >= 11 is 0. The number of rotatable bonds is 14. The molecule has 0 radical (unpaired) electrons. The van der Waals surface area contributed by atoms with Crippen molar-refractivity contribution in [1.29, 1.82) is 0 Å². The van der Waals surface area contributed by atoms with Crippen molar-refractivity contribution >= 4 is 16.7 Å². The molecule has 0 aliphatic carbocycles. The second-order valence-corrected chi connectivity index (χ2v) is 6.98. The molecule has 0 spiro atoms. The number of carboxylic acids is 1. The first kappa shape index (κ1) is 21.4. The number of carboxylic acid groups (broad SMARTS) is 1. The number of ether oxygens (including phenoxy) is 1. The fourth-order valence-corrected chi connectivity index (χ4v) is 3.45. The van der Waals surface area contributed by atoms with Crippen molar-refractivity contribution in [3.05, 3.63) is 48.0 Å². The van der Waals surface area contributed by atoms with Crippen LogP contribution in [0, 0.1) is 0 Å². The van der Waals surface area contributed by atoms with Crippen LogP contribution in [0.15, 0.2) is 42.5 Å². The standard InChI is InChI=1S/C23H33NO3/c1-2-27-19-9-17-24(16-7-3-4-14-23(25)26)18-15-21-12-8-11-20-10-5-6-13-22(20)21/h5-6,8,10-13H,2-4,7,9,14-19H2,1H3,(H,25,26). The maximum absolute atomic E-state index is 10.6. The fourth-order valence-electron chi connectivity index (χ4n) is 3.45. The summed E-state index contributed by atoms with van der Waals surface area (Å²) in [6, 6.07) is 15.1. The van der Waals surface area contributed by atoms with Gasteiger partial charge in [-0.3, -0.25) is 4.79 Å². The Bertz CT molecular complexity index is 681. The molecule has 4 heteroatoms. The molecule has 2 aromatic rings. The molecule has 0 atom stereocenters. The molecule has 0 fully saturated rings. The van der Waals surface area contributed by atoms with E-state index in [2.05, 4.69) is 47.4 Å². The first-order chi connectivity index (χ1) is 13.2. The Hall–Kier alpha value is -1.91. The Morgan fingerprint density at radius 1 is 0.963 bits per heavy atom. The summed E-state index contributed by atoms with van der Waals surface area (Å²) in [5, 5.41) is 11.4. The Labute approximate surface area is 163 Å². The summed E-state index contributed by atoms with van der Waals surface area (Å²) in [6.07, 6.45) is 5.15. The van der Waals surface area contributed by atoms with Gasteiger partial charge < -0.3 is 14.7 Å². The normalized spacial score (nSPS) is 11.3. The molecule has 0 saturated heterocycles. The number of nitrogens with zero attached hydrogens (tertiary/aromatic N) is 1. The van der Waals surface area contributed by atoms with Crippen molar-refractivity contribution in [2.75, 3.05) is 32.8 Å². The Balaban J connectivity index is 1.86. The summed E-state index contributed by atoms with van der Waals surface area (Å²) in [5.41, 5.74) is 1.40. The van der Waals surface area contributed by atoms with Gasteiger partial charge in [0.25, 0.3) is 0 Å². The minimum Gasteiger partial charge on any atom is -0.481 e. The average molecular weight is 372 g/mol. The van der Waals surface area contributed by atoms with Crippen LogP contribution in [0.4, 0.5) is 0 Å². The minimum atomic E-state index is -0.695. The monoisotopic (exact) mass is 371 g/mol. The third-order valence-electron chi connectivity index (χ3n) is 4.91. The van der Waals surface area contributed by atoms with Gasteiger partial charge in [-0.1, -0.05) is 48.9 Å². The lowest BCUT2D eigenvalue weighted by molar-refractivity contribution is -0.137. The van der Waals surface area contributed by atoms with Gasteiger partial charge in [0.05, 0.1) is 0 Å². The van der Waals surface area contributed by atoms with Gasteiger partial charge in [-0.25, -0.2) is 0 Å². The van der Waals surface area contributed by atoms with Crippen LogP contribution in [0.5, 0.6) is 0 Å². The van der Waals surface area contributed by atoms with Crippen molar-refractivity contribution in [2.45, 2.75) is 45.4 Å². The number of unbranched alkanes of at least 4 members (excludes halogenated alkanes) is 2. The first-order valence-electron chi connectivity index (χ1n) is 10.2. The van der Waals surface area contributed by atoms with E-state index in [9.17, 15) is 4.79 Å². The van der Waals surface area contributed by atoms with E-state index in [1.54, 1.807) is 0 Å². The van der Waals surface area contributed by atoms with E-state index in [1.807, 2.05) is 6.92 Å². The summed E-state index contributed by atoms with van der Waals surface area (Å²) in [7, 11) is 0. The van der Waals surface area contributed by atoms with Gasteiger partial charge in [0, 0.05) is 32.7 Å². The molecule has 0 aliphatic heterocycles. The number of carbonyl (C=O) groups is 1. The Morgan fingerprint density at radius 2 is 1.74 bits per heavy atom. The zero-order valence-electron chi connectivity index (χ0n) is 16.5. The molecule has 0 aliphatic rings. The van der Waals surface area contributed by atoms with Crippen LogP contribution in [-0.2, 0) is 16.0 Å². The fraction of sp³-hybridized carbons (Fsp3) is 0.522. The molecule has 0 amide bonds. The van der Waals surface area contributed by atoms with E-state index in [0.29, 0.717) is 0 Å². The van der Waals surface area contributed by atoms with E-state index >= 15 is 0 Å². The zero-order chi connectivity index (χ0) is 19.3. The van der Waals surface area contributed by atoms with Crippen LogP contribution in [0.3, 0.4) is 0 Å². The molecule has 0 bridgehead atoms. The van der Waals surface area contributed by atoms with Crippen LogP contribution >= 0.6 is 0 Å². The van der Waals surface area contributed by atoms with E-state index in [1.165, 1.54) is 16.3 Å². The average Bonchev–Trinajstić information content (AvgIpc) is 2.68. The van der Waals surface area contributed by atoms with Gasteiger partial charge in [0.15, 0.2) is 0 Å². The number of fused-ring (bicyclic) bond motifs is 1. The van der Waals surface area contributed by atoms with E-state index < -0.39 is 5.97 Å². The molecule has 0 saturated carbocycles. The quantitative estimate of drug-likeness (QED) is 0.487. The van der Waals surface area contributed by atoms with E-state index in [-0.39, 0.29) is 6.42 Å². The van der Waals surface area contributed by atoms with E-state index in [0.717, 1.165) is 65.0 Å². The lowest BCUT2D eigenvalue weighted by Gasteiger charge is -2.22. The maximum Gasteiger partial charge on any atom is 0.303 e. The highest BCUT2D eigenvalue weighted by molar-refractivity contribution is 5.85. The molecule has 148 valence electrons. The SMILES string of the molecule is CCOCCCN(CCCCCC(=O)O)CCc1cccc2ccccc12. The number of hydrogen-bond acceptors (Lipinski definition) is 3. The van der Waals surface area contributed by atoms with Gasteiger partial charge in [-0.15, -0.1) is 0 Å². The van der Waals surface area contributed by atoms with Gasteiger partial charge in [0.1, 0.15) is 0 Å². The number of aliphatic carboxylic acids is 1. The predicted octanol–water partition coefficient (Wildman–Crippen LogP) is 4.76. The van der Waals surface area contributed by atoms with Crippen molar-refractivity contribution in [3.63, 3.8) is 0 Å². The van der Waals surface area contributed by atoms with Crippen molar-refractivity contribution in [1.82, 2.24) is 4.90 Å². The lowest BCUT2D eigenvalue weighted by Crippen LogP contribution is -2.29. The Kier molecular flexibility index (Phi) is 9.88. The minimum absolute atomic E-state index is 0.278. The molecule has 0 unspecified atom stereocenters. The van der Waals surface area contributed by atoms with Gasteiger partial charge in [-0.05, 0) is 55.5 Å². The third-order valence-corrected chi connectivity index (χ3v) is 4.91. The first-order valence-corrected chi connectivity index (χ1v) is 10.2. The van der Waals surface area contributed by atoms with Gasteiger partial charge in [-0.2, -0.15) is 0 Å².